The standard InChI is InChI=1S/C24H32ClN3O5S/c1-17(2)14-26-24(30)18(3)27(15-19-9-11-22(33-4)12-10-19)23(29)16-28(34(5,31)32)21-8-6-7-20(25)13-21/h6-13,17-18H,14-16H2,1-5H3,(H,26,30)/t18-/m1/s1. The summed E-state index contributed by atoms with van der Waals surface area (Å²) in [5, 5.41) is 3.18. The minimum atomic E-state index is -3.80. The Kier molecular flexibility index (Phi) is 9.76. The van der Waals surface area contributed by atoms with Crippen LogP contribution >= 0.6 is 11.6 Å². The first-order valence-electron chi connectivity index (χ1n) is 10.9. The topological polar surface area (TPSA) is 96.0 Å². The molecule has 0 unspecified atom stereocenters. The highest BCUT2D eigenvalue weighted by Crippen LogP contribution is 2.23. The van der Waals surface area contributed by atoms with Gasteiger partial charge in [0.2, 0.25) is 21.8 Å². The number of nitrogens with one attached hydrogen (secondary N) is 1. The Hall–Kier alpha value is -2.78. The van der Waals surface area contributed by atoms with E-state index in [1.807, 2.05) is 13.8 Å². The Morgan fingerprint density at radius 3 is 2.26 bits per heavy atom. The summed E-state index contributed by atoms with van der Waals surface area (Å²) >= 11 is 6.04. The maximum absolute atomic E-state index is 13.5. The number of ether oxygens (including phenoxy) is 1. The van der Waals surface area contributed by atoms with E-state index in [-0.39, 0.29) is 24.1 Å². The number of hydrogen-bond acceptors (Lipinski definition) is 5. The van der Waals surface area contributed by atoms with E-state index in [4.69, 9.17) is 16.3 Å². The minimum Gasteiger partial charge on any atom is -0.497 e. The lowest BCUT2D eigenvalue weighted by atomic mass is 10.1. The first kappa shape index (κ1) is 27.5. The zero-order valence-electron chi connectivity index (χ0n) is 20.1. The number of methoxy groups -OCH3 is 1. The van der Waals surface area contributed by atoms with E-state index in [0.29, 0.717) is 17.3 Å². The fourth-order valence-electron chi connectivity index (χ4n) is 3.21. The third-order valence-corrected chi connectivity index (χ3v) is 6.51. The van der Waals surface area contributed by atoms with Crippen molar-refractivity contribution in [1.82, 2.24) is 10.2 Å². The van der Waals surface area contributed by atoms with E-state index < -0.39 is 28.5 Å². The van der Waals surface area contributed by atoms with Gasteiger partial charge in [-0.15, -0.1) is 0 Å². The van der Waals surface area contributed by atoms with E-state index in [9.17, 15) is 18.0 Å². The van der Waals surface area contributed by atoms with Crippen LogP contribution in [0, 0.1) is 5.92 Å². The van der Waals surface area contributed by atoms with Crippen molar-refractivity contribution in [2.75, 3.05) is 30.8 Å². The zero-order chi connectivity index (χ0) is 25.5. The average molecular weight is 510 g/mol. The SMILES string of the molecule is COc1ccc(CN(C(=O)CN(c2cccc(Cl)c2)S(C)(=O)=O)[C@H](C)C(=O)NCC(C)C)cc1. The van der Waals surface area contributed by atoms with Crippen LogP contribution in [0.2, 0.25) is 5.02 Å². The second kappa shape index (κ2) is 12.1. The molecule has 2 aromatic carbocycles. The summed E-state index contributed by atoms with van der Waals surface area (Å²) < 4.78 is 31.2. The summed E-state index contributed by atoms with van der Waals surface area (Å²) in [4.78, 5) is 27.6. The first-order chi connectivity index (χ1) is 15.9. The van der Waals surface area contributed by atoms with Gasteiger partial charge in [-0.1, -0.05) is 43.6 Å². The lowest BCUT2D eigenvalue weighted by molar-refractivity contribution is -0.139. The van der Waals surface area contributed by atoms with E-state index in [2.05, 4.69) is 5.32 Å². The molecule has 34 heavy (non-hydrogen) atoms. The van der Waals surface area contributed by atoms with Crippen LogP contribution < -0.4 is 14.4 Å². The Morgan fingerprint density at radius 2 is 1.74 bits per heavy atom. The zero-order valence-corrected chi connectivity index (χ0v) is 21.7. The van der Waals surface area contributed by atoms with Crippen LogP contribution in [0.15, 0.2) is 48.5 Å². The van der Waals surface area contributed by atoms with Crippen LogP contribution in [0.5, 0.6) is 5.75 Å². The normalized spacial score (nSPS) is 12.2. The maximum Gasteiger partial charge on any atom is 0.244 e. The van der Waals surface area contributed by atoms with Gasteiger partial charge in [0, 0.05) is 18.1 Å². The van der Waals surface area contributed by atoms with Crippen molar-refractivity contribution in [3.8, 4) is 5.75 Å². The van der Waals surface area contributed by atoms with E-state index in [1.165, 1.54) is 11.0 Å². The Morgan fingerprint density at radius 1 is 1.09 bits per heavy atom. The van der Waals surface area contributed by atoms with Crippen LogP contribution in [0.4, 0.5) is 5.69 Å². The molecule has 0 saturated heterocycles. The van der Waals surface area contributed by atoms with Crippen LogP contribution in [-0.4, -0.2) is 57.6 Å². The lowest BCUT2D eigenvalue weighted by Gasteiger charge is -2.31. The highest BCUT2D eigenvalue weighted by Gasteiger charge is 2.30. The summed E-state index contributed by atoms with van der Waals surface area (Å²) in [6.45, 7) is 5.68. The molecule has 0 radical (unpaired) electrons. The van der Waals surface area contributed by atoms with Crippen molar-refractivity contribution in [2.45, 2.75) is 33.4 Å². The molecule has 0 aliphatic carbocycles. The number of carbonyl (C=O) groups excluding carboxylic acids is 2. The van der Waals surface area contributed by atoms with Crippen LogP contribution in [-0.2, 0) is 26.2 Å². The molecule has 2 rings (SSSR count). The van der Waals surface area contributed by atoms with Gasteiger partial charge in [0.25, 0.3) is 0 Å². The summed E-state index contributed by atoms with van der Waals surface area (Å²) in [6, 6.07) is 12.5. The van der Waals surface area contributed by atoms with E-state index in [1.54, 1.807) is 56.5 Å². The number of carbonyl (C=O) groups is 2. The molecule has 186 valence electrons. The van der Waals surface area contributed by atoms with E-state index in [0.717, 1.165) is 16.1 Å². The van der Waals surface area contributed by atoms with Gasteiger partial charge >= 0.3 is 0 Å². The Bertz CT molecular complexity index is 1090. The second-order valence-electron chi connectivity index (χ2n) is 8.43. The number of hydrogen-bond donors (Lipinski definition) is 1. The molecule has 1 atom stereocenters. The molecule has 1 N–H and O–H groups in total. The summed E-state index contributed by atoms with van der Waals surface area (Å²) in [5.41, 5.74) is 1.04. The van der Waals surface area contributed by atoms with Gasteiger partial charge < -0.3 is 15.0 Å². The molecule has 0 aliphatic rings. The molecule has 0 heterocycles. The van der Waals surface area contributed by atoms with Crippen molar-refractivity contribution in [3.05, 3.63) is 59.1 Å². The molecule has 2 aromatic rings. The quantitative estimate of drug-likeness (QED) is 0.501. The van der Waals surface area contributed by atoms with Gasteiger partial charge in [-0.05, 0) is 48.7 Å². The largest absolute Gasteiger partial charge is 0.497 e. The van der Waals surface area contributed by atoms with Gasteiger partial charge in [-0.2, -0.15) is 0 Å². The molecule has 8 nitrogen and oxygen atoms in total. The smallest absolute Gasteiger partial charge is 0.244 e. The fraction of sp³-hybridized carbons (Fsp3) is 0.417. The number of benzene rings is 2. The molecular weight excluding hydrogens is 478 g/mol. The number of anilines is 1. The number of rotatable bonds is 11. The monoisotopic (exact) mass is 509 g/mol. The average Bonchev–Trinajstić information content (AvgIpc) is 2.78. The molecule has 2 amide bonds. The summed E-state index contributed by atoms with van der Waals surface area (Å²) in [5.74, 6) is 0.0663. The Labute approximate surface area is 206 Å². The Balaban J connectivity index is 2.36. The molecule has 0 aromatic heterocycles. The summed E-state index contributed by atoms with van der Waals surface area (Å²) in [7, 11) is -2.25. The van der Waals surface area contributed by atoms with E-state index >= 15 is 0 Å². The minimum absolute atomic E-state index is 0.117. The number of sulfonamides is 1. The molecule has 0 fully saturated rings. The van der Waals surface area contributed by atoms with Crippen LogP contribution in [0.1, 0.15) is 26.3 Å². The van der Waals surface area contributed by atoms with Crippen LogP contribution in [0.25, 0.3) is 0 Å². The van der Waals surface area contributed by atoms with Gasteiger partial charge in [-0.3, -0.25) is 13.9 Å². The van der Waals surface area contributed by atoms with Crippen LogP contribution in [0.3, 0.4) is 0 Å². The summed E-state index contributed by atoms with van der Waals surface area (Å²) in [6.07, 6.45) is 1.02. The molecule has 0 spiro atoms. The van der Waals surface area contributed by atoms with Gasteiger partial charge in [0.1, 0.15) is 18.3 Å². The van der Waals surface area contributed by atoms with Crippen molar-refractivity contribution in [2.24, 2.45) is 5.92 Å². The van der Waals surface area contributed by atoms with Crippen molar-refractivity contribution in [1.29, 1.82) is 0 Å². The lowest BCUT2D eigenvalue weighted by Crippen LogP contribution is -2.51. The highest BCUT2D eigenvalue weighted by atomic mass is 35.5. The van der Waals surface area contributed by atoms with Gasteiger partial charge in [0.05, 0.1) is 19.1 Å². The highest BCUT2D eigenvalue weighted by molar-refractivity contribution is 7.92. The predicted octanol–water partition coefficient (Wildman–Crippen LogP) is 3.30. The number of halogens is 1. The number of amides is 2. The maximum atomic E-state index is 13.5. The first-order valence-corrected chi connectivity index (χ1v) is 13.1. The molecule has 0 bridgehead atoms. The predicted molar refractivity (Wildman–Crippen MR) is 134 cm³/mol. The molecular formula is C24H32ClN3O5S. The molecule has 10 heteroatoms. The third kappa shape index (κ3) is 7.92. The van der Waals surface area contributed by atoms with Crippen molar-refractivity contribution >= 4 is 39.1 Å². The second-order valence-corrected chi connectivity index (χ2v) is 10.8. The van der Waals surface area contributed by atoms with Crippen molar-refractivity contribution < 1.29 is 22.7 Å². The number of nitrogens with zero attached hydrogens (tertiary/aromatic N) is 2. The third-order valence-electron chi connectivity index (χ3n) is 5.14. The fourth-order valence-corrected chi connectivity index (χ4v) is 4.23. The van der Waals surface area contributed by atoms with Gasteiger partial charge in [0.15, 0.2) is 0 Å². The molecule has 0 aliphatic heterocycles. The van der Waals surface area contributed by atoms with Gasteiger partial charge in [-0.25, -0.2) is 8.42 Å². The van der Waals surface area contributed by atoms with Crippen molar-refractivity contribution in [3.63, 3.8) is 0 Å². The molecule has 0 saturated carbocycles.